The lowest BCUT2D eigenvalue weighted by Gasteiger charge is -2.30. The summed E-state index contributed by atoms with van der Waals surface area (Å²) in [4.78, 5) is 16.9. The maximum Gasteiger partial charge on any atom is 0.309 e. The quantitative estimate of drug-likeness (QED) is 0.382. The summed E-state index contributed by atoms with van der Waals surface area (Å²) in [5.74, 6) is -1.54. The molecule has 2 heterocycles. The number of ether oxygens (including phenoxy) is 2. The predicted octanol–water partition coefficient (Wildman–Crippen LogP) is 1.58. The van der Waals surface area contributed by atoms with Gasteiger partial charge in [-0.25, -0.2) is 0 Å². The Hall–Kier alpha value is -0.970. The van der Waals surface area contributed by atoms with Crippen LogP contribution < -0.4 is 10.6 Å². The first-order valence-corrected chi connectivity index (χ1v) is 12.0. The molecule has 0 spiro atoms. The number of hydrogen-bond donors (Lipinski definition) is 3. The van der Waals surface area contributed by atoms with Crippen molar-refractivity contribution in [3.8, 4) is 0 Å². The van der Waals surface area contributed by atoms with Crippen LogP contribution in [0.25, 0.3) is 0 Å². The largest absolute Gasteiger partial charge is 0.481 e. The molecule has 2 fully saturated rings. The molecule has 2 aliphatic heterocycles. The van der Waals surface area contributed by atoms with Crippen LogP contribution in [0.5, 0.6) is 0 Å². The summed E-state index contributed by atoms with van der Waals surface area (Å²) in [6.45, 7) is 9.98. The standard InChI is InChI=1S/C22H34Cl2N4O4/c23-17-1-2-18(20(24)15-17)21(26-4-6-28-9-13-32-14-10-28)19(22(29)30)16-25-3-5-27-7-11-31-12-8-27/h1-2,15,19,21,25-26H,3-14,16H2,(H,29,30). The van der Waals surface area contributed by atoms with Crippen LogP contribution in [0.4, 0.5) is 0 Å². The highest BCUT2D eigenvalue weighted by atomic mass is 35.5. The molecule has 180 valence electrons. The van der Waals surface area contributed by atoms with Crippen LogP contribution in [0.15, 0.2) is 18.2 Å². The monoisotopic (exact) mass is 488 g/mol. The van der Waals surface area contributed by atoms with E-state index >= 15 is 0 Å². The van der Waals surface area contributed by atoms with Crippen molar-refractivity contribution in [3.63, 3.8) is 0 Å². The molecule has 32 heavy (non-hydrogen) atoms. The van der Waals surface area contributed by atoms with Crippen LogP contribution in [-0.2, 0) is 14.3 Å². The van der Waals surface area contributed by atoms with Crippen molar-refractivity contribution in [1.29, 1.82) is 0 Å². The molecule has 2 unspecified atom stereocenters. The number of aliphatic carboxylic acids is 1. The number of benzene rings is 1. The number of rotatable bonds is 12. The number of nitrogens with zero attached hydrogens (tertiary/aromatic N) is 2. The highest BCUT2D eigenvalue weighted by Crippen LogP contribution is 2.31. The van der Waals surface area contributed by atoms with Gasteiger partial charge in [-0.05, 0) is 17.7 Å². The van der Waals surface area contributed by atoms with Crippen molar-refractivity contribution in [2.45, 2.75) is 6.04 Å². The Balaban J connectivity index is 1.61. The summed E-state index contributed by atoms with van der Waals surface area (Å²) in [5, 5.41) is 17.8. The number of hydrogen-bond acceptors (Lipinski definition) is 7. The van der Waals surface area contributed by atoms with E-state index < -0.39 is 17.9 Å². The zero-order valence-electron chi connectivity index (χ0n) is 18.4. The van der Waals surface area contributed by atoms with Gasteiger partial charge < -0.3 is 25.2 Å². The van der Waals surface area contributed by atoms with E-state index in [0.29, 0.717) is 23.1 Å². The van der Waals surface area contributed by atoms with Crippen LogP contribution in [0.3, 0.4) is 0 Å². The third-order valence-corrected chi connectivity index (χ3v) is 6.55. The number of carboxylic acids is 1. The van der Waals surface area contributed by atoms with Crippen LogP contribution in [0.2, 0.25) is 10.0 Å². The van der Waals surface area contributed by atoms with Gasteiger partial charge in [0.05, 0.1) is 32.3 Å². The second kappa shape index (κ2) is 13.7. The van der Waals surface area contributed by atoms with Gasteiger partial charge in [-0.2, -0.15) is 0 Å². The first-order chi connectivity index (χ1) is 15.5. The number of nitrogens with one attached hydrogen (secondary N) is 2. The molecule has 0 radical (unpaired) electrons. The van der Waals surface area contributed by atoms with Crippen molar-refractivity contribution in [1.82, 2.24) is 20.4 Å². The van der Waals surface area contributed by atoms with E-state index in [1.807, 2.05) is 6.07 Å². The summed E-state index contributed by atoms with van der Waals surface area (Å²) in [5.41, 5.74) is 0.750. The second-order valence-electron chi connectivity index (χ2n) is 8.15. The maximum absolute atomic E-state index is 12.3. The topological polar surface area (TPSA) is 86.3 Å². The first kappa shape index (κ1) is 25.6. The molecule has 1 aromatic rings. The number of halogens is 2. The van der Waals surface area contributed by atoms with Gasteiger partial charge in [0.25, 0.3) is 0 Å². The average molecular weight is 489 g/mol. The fourth-order valence-electron chi connectivity index (χ4n) is 4.09. The van der Waals surface area contributed by atoms with Gasteiger partial charge in [-0.1, -0.05) is 29.3 Å². The average Bonchev–Trinajstić information content (AvgIpc) is 2.79. The molecule has 8 nitrogen and oxygen atoms in total. The minimum atomic E-state index is -0.862. The minimum absolute atomic E-state index is 0.341. The van der Waals surface area contributed by atoms with Crippen molar-refractivity contribution in [2.24, 2.45) is 5.92 Å². The zero-order valence-corrected chi connectivity index (χ0v) is 19.9. The molecular formula is C22H34Cl2N4O4. The van der Waals surface area contributed by atoms with E-state index in [9.17, 15) is 9.90 Å². The van der Waals surface area contributed by atoms with E-state index in [1.165, 1.54) is 0 Å². The lowest BCUT2D eigenvalue weighted by atomic mass is 9.92. The molecule has 0 aromatic heterocycles. The van der Waals surface area contributed by atoms with Gasteiger partial charge in [-0.3, -0.25) is 14.6 Å². The normalized spacial score (nSPS) is 20.2. The van der Waals surface area contributed by atoms with Crippen molar-refractivity contribution < 1.29 is 19.4 Å². The number of morpholine rings is 2. The Morgan fingerprint density at radius 3 is 2.16 bits per heavy atom. The second-order valence-corrected chi connectivity index (χ2v) is 9.00. The van der Waals surface area contributed by atoms with Crippen LogP contribution >= 0.6 is 23.2 Å². The lowest BCUT2D eigenvalue weighted by molar-refractivity contribution is -0.142. The summed E-state index contributed by atoms with van der Waals surface area (Å²) < 4.78 is 10.8. The van der Waals surface area contributed by atoms with E-state index in [-0.39, 0.29) is 0 Å². The van der Waals surface area contributed by atoms with E-state index in [4.69, 9.17) is 32.7 Å². The van der Waals surface area contributed by atoms with E-state index in [1.54, 1.807) is 12.1 Å². The van der Waals surface area contributed by atoms with Gasteiger partial charge in [0.1, 0.15) is 0 Å². The van der Waals surface area contributed by atoms with Gasteiger partial charge in [0.2, 0.25) is 0 Å². The fourth-order valence-corrected chi connectivity index (χ4v) is 4.62. The van der Waals surface area contributed by atoms with Gasteiger partial charge in [0.15, 0.2) is 0 Å². The molecule has 2 saturated heterocycles. The Labute approximate surface area is 200 Å². The fraction of sp³-hybridized carbons (Fsp3) is 0.682. The van der Waals surface area contributed by atoms with Crippen LogP contribution in [-0.4, -0.2) is 106 Å². The van der Waals surface area contributed by atoms with E-state index in [2.05, 4.69) is 20.4 Å². The van der Waals surface area contributed by atoms with E-state index in [0.717, 1.165) is 77.8 Å². The molecule has 3 rings (SSSR count). The summed E-state index contributed by atoms with van der Waals surface area (Å²) in [7, 11) is 0. The number of carboxylic acid groups (broad SMARTS) is 1. The smallest absolute Gasteiger partial charge is 0.309 e. The lowest BCUT2D eigenvalue weighted by Crippen LogP contribution is -2.45. The molecular weight excluding hydrogens is 455 g/mol. The molecule has 1 aromatic carbocycles. The molecule has 0 aliphatic carbocycles. The van der Waals surface area contributed by atoms with Crippen molar-refractivity contribution in [3.05, 3.63) is 33.8 Å². The Morgan fingerprint density at radius 1 is 1.00 bits per heavy atom. The Bertz CT molecular complexity index is 715. The molecule has 3 N–H and O–H groups in total. The third-order valence-electron chi connectivity index (χ3n) is 5.99. The molecule has 0 saturated carbocycles. The number of carbonyl (C=O) groups is 1. The van der Waals surface area contributed by atoms with Crippen molar-refractivity contribution in [2.75, 3.05) is 85.3 Å². The Kier molecular flexibility index (Phi) is 11.0. The summed E-state index contributed by atoms with van der Waals surface area (Å²) in [6.07, 6.45) is 0. The Morgan fingerprint density at radius 2 is 1.59 bits per heavy atom. The molecule has 2 atom stereocenters. The maximum atomic E-state index is 12.3. The first-order valence-electron chi connectivity index (χ1n) is 11.3. The highest BCUT2D eigenvalue weighted by Gasteiger charge is 2.30. The molecule has 0 amide bonds. The summed E-state index contributed by atoms with van der Waals surface area (Å²) >= 11 is 12.6. The van der Waals surface area contributed by atoms with Crippen molar-refractivity contribution >= 4 is 29.2 Å². The minimum Gasteiger partial charge on any atom is -0.481 e. The van der Waals surface area contributed by atoms with Crippen LogP contribution in [0, 0.1) is 5.92 Å². The summed E-state index contributed by atoms with van der Waals surface area (Å²) in [6, 6.07) is 4.80. The van der Waals surface area contributed by atoms with Gasteiger partial charge in [-0.15, -0.1) is 0 Å². The molecule has 0 bridgehead atoms. The zero-order chi connectivity index (χ0) is 22.8. The molecule has 10 heteroatoms. The van der Waals surface area contributed by atoms with Crippen LogP contribution in [0.1, 0.15) is 11.6 Å². The SMILES string of the molecule is O=C(O)C(CNCCN1CCOCC1)C(NCCN1CCOCC1)c1ccc(Cl)cc1Cl. The third kappa shape index (κ3) is 8.11. The van der Waals surface area contributed by atoms with Gasteiger partial charge in [0, 0.05) is 75.0 Å². The van der Waals surface area contributed by atoms with Gasteiger partial charge >= 0.3 is 5.97 Å². The highest BCUT2D eigenvalue weighted by molar-refractivity contribution is 6.35. The predicted molar refractivity (Wildman–Crippen MR) is 126 cm³/mol. The molecule has 2 aliphatic rings.